The number of carbonyl (C=O) groups is 1. The Bertz CT molecular complexity index is 1320. The van der Waals surface area contributed by atoms with Gasteiger partial charge in [0.25, 0.3) is 0 Å². The summed E-state index contributed by atoms with van der Waals surface area (Å²) in [6.07, 6.45) is 8.24. The molecule has 3 aliphatic heterocycles. The van der Waals surface area contributed by atoms with Gasteiger partial charge in [0.05, 0.1) is 35.7 Å². The molecule has 3 aromatic rings. The lowest BCUT2D eigenvalue weighted by atomic mass is 9.84. The maximum atomic E-state index is 12.6. The van der Waals surface area contributed by atoms with Gasteiger partial charge in [-0.05, 0) is 51.8 Å². The number of piperazine rings is 1. The predicted octanol–water partition coefficient (Wildman–Crippen LogP) is 4.18. The number of anilines is 1. The predicted molar refractivity (Wildman–Crippen MR) is 157 cm³/mol. The maximum absolute atomic E-state index is 12.6. The Balaban J connectivity index is 1.15. The molecule has 1 amide bonds. The zero-order valence-corrected chi connectivity index (χ0v) is 24.5. The van der Waals surface area contributed by atoms with Crippen LogP contribution in [0.1, 0.15) is 45.6 Å². The Morgan fingerprint density at radius 1 is 1.12 bits per heavy atom. The van der Waals surface area contributed by atoms with Crippen LogP contribution in [0.3, 0.4) is 0 Å². The third-order valence-corrected chi connectivity index (χ3v) is 8.86. The summed E-state index contributed by atoms with van der Waals surface area (Å²) >= 11 is 0. The van der Waals surface area contributed by atoms with E-state index >= 15 is 0 Å². The van der Waals surface area contributed by atoms with Crippen LogP contribution in [0.2, 0.25) is 0 Å². The Labute approximate surface area is 242 Å². The molecule has 0 spiro atoms. The number of fused-ring (bicyclic) bond motifs is 1. The second-order valence-corrected chi connectivity index (χ2v) is 11.6. The van der Waals surface area contributed by atoms with Crippen LogP contribution in [-0.2, 0) is 19.8 Å². The molecule has 3 aromatic heterocycles. The average molecular weight is 563 g/mol. The molecule has 0 aliphatic carbocycles. The van der Waals surface area contributed by atoms with E-state index in [2.05, 4.69) is 59.9 Å². The molecule has 220 valence electrons. The highest BCUT2D eigenvalue weighted by Gasteiger charge is 2.38. The smallest absolute Gasteiger partial charge is 0.410 e. The van der Waals surface area contributed by atoms with Gasteiger partial charge < -0.3 is 28.9 Å². The van der Waals surface area contributed by atoms with E-state index in [4.69, 9.17) is 19.2 Å². The Morgan fingerprint density at radius 3 is 2.59 bits per heavy atom. The standard InChI is InChI=1S/C31H42N6O4/c1-4-40-31(9-12-34(13-10-31)23(2)3)25-5-6-27(32-20-25)24-19-29-28(7-11-33-37(29)21-24)35-14-16-36(17-15-35)30(38)41-26-8-18-39-22-26/h5-7,11,19-21,23,26H,4,8-10,12-18,22H2,1-3H3/t26-/m0/s1. The van der Waals surface area contributed by atoms with Crippen molar-refractivity contribution in [2.24, 2.45) is 0 Å². The van der Waals surface area contributed by atoms with Crippen molar-refractivity contribution in [1.29, 1.82) is 0 Å². The molecule has 10 heteroatoms. The van der Waals surface area contributed by atoms with E-state index in [1.165, 1.54) is 0 Å². The molecule has 3 fully saturated rings. The molecule has 10 nitrogen and oxygen atoms in total. The summed E-state index contributed by atoms with van der Waals surface area (Å²) in [5.74, 6) is 0. The number of aromatic nitrogens is 3. The lowest BCUT2D eigenvalue weighted by Crippen LogP contribution is -2.49. The van der Waals surface area contributed by atoms with E-state index in [9.17, 15) is 4.79 Å². The van der Waals surface area contributed by atoms with Crippen LogP contribution in [0.5, 0.6) is 0 Å². The molecular formula is C31H42N6O4. The van der Waals surface area contributed by atoms with Crippen LogP contribution in [-0.4, -0.2) is 102 Å². The van der Waals surface area contributed by atoms with Gasteiger partial charge in [-0.3, -0.25) is 4.98 Å². The zero-order valence-electron chi connectivity index (χ0n) is 24.5. The summed E-state index contributed by atoms with van der Waals surface area (Å²) in [7, 11) is 0. The van der Waals surface area contributed by atoms with Crippen molar-refractivity contribution >= 4 is 17.3 Å². The monoisotopic (exact) mass is 562 g/mol. The molecule has 1 atom stereocenters. The number of likely N-dealkylation sites (tertiary alicyclic amines) is 1. The number of pyridine rings is 1. The van der Waals surface area contributed by atoms with Crippen molar-refractivity contribution in [3.8, 4) is 11.3 Å². The third-order valence-electron chi connectivity index (χ3n) is 8.86. The number of ether oxygens (including phenoxy) is 3. The molecule has 6 rings (SSSR count). The molecule has 3 saturated heterocycles. The fourth-order valence-electron chi connectivity index (χ4n) is 6.39. The van der Waals surface area contributed by atoms with Crippen LogP contribution in [0, 0.1) is 0 Å². The highest BCUT2D eigenvalue weighted by Crippen LogP contribution is 2.38. The van der Waals surface area contributed by atoms with Gasteiger partial charge in [0.15, 0.2) is 0 Å². The lowest BCUT2D eigenvalue weighted by Gasteiger charge is -2.43. The van der Waals surface area contributed by atoms with Crippen molar-refractivity contribution in [3.63, 3.8) is 0 Å². The van der Waals surface area contributed by atoms with Crippen LogP contribution in [0.25, 0.3) is 16.8 Å². The summed E-state index contributed by atoms with van der Waals surface area (Å²) in [5, 5.41) is 4.57. The van der Waals surface area contributed by atoms with E-state index in [1.807, 2.05) is 23.1 Å². The van der Waals surface area contributed by atoms with Gasteiger partial charge in [0, 0.05) is 88.1 Å². The fraction of sp³-hybridized carbons (Fsp3) is 0.581. The van der Waals surface area contributed by atoms with E-state index < -0.39 is 0 Å². The minimum atomic E-state index is -0.272. The Morgan fingerprint density at radius 2 is 1.93 bits per heavy atom. The highest BCUT2D eigenvalue weighted by atomic mass is 16.6. The van der Waals surface area contributed by atoms with E-state index in [0.29, 0.717) is 39.0 Å². The second kappa shape index (κ2) is 12.0. The number of nitrogens with zero attached hydrogens (tertiary/aromatic N) is 6. The number of hydrogen-bond acceptors (Lipinski definition) is 8. The lowest BCUT2D eigenvalue weighted by molar-refractivity contribution is -0.0888. The first-order valence-electron chi connectivity index (χ1n) is 15.1. The maximum Gasteiger partial charge on any atom is 0.410 e. The molecule has 0 radical (unpaired) electrons. The van der Waals surface area contributed by atoms with E-state index in [1.54, 1.807) is 4.90 Å². The van der Waals surface area contributed by atoms with Gasteiger partial charge >= 0.3 is 6.09 Å². The van der Waals surface area contributed by atoms with E-state index in [0.717, 1.165) is 73.5 Å². The zero-order chi connectivity index (χ0) is 28.4. The van der Waals surface area contributed by atoms with E-state index in [-0.39, 0.29) is 17.8 Å². The van der Waals surface area contributed by atoms with Crippen molar-refractivity contribution in [3.05, 3.63) is 48.4 Å². The summed E-state index contributed by atoms with van der Waals surface area (Å²) in [4.78, 5) is 24.1. The summed E-state index contributed by atoms with van der Waals surface area (Å²) in [6.45, 7) is 13.2. The number of rotatable bonds is 7. The molecule has 0 N–H and O–H groups in total. The Kier molecular flexibility index (Phi) is 8.14. The summed E-state index contributed by atoms with van der Waals surface area (Å²) in [5.41, 5.74) is 4.96. The molecule has 6 heterocycles. The molecule has 3 aliphatic rings. The van der Waals surface area contributed by atoms with Crippen molar-refractivity contribution in [1.82, 2.24) is 24.4 Å². The molecule has 41 heavy (non-hydrogen) atoms. The van der Waals surface area contributed by atoms with Crippen molar-refractivity contribution < 1.29 is 19.0 Å². The summed E-state index contributed by atoms with van der Waals surface area (Å²) in [6, 6.07) is 9.06. The van der Waals surface area contributed by atoms with Gasteiger partial charge in [0.2, 0.25) is 0 Å². The van der Waals surface area contributed by atoms with Gasteiger partial charge in [-0.1, -0.05) is 6.07 Å². The van der Waals surface area contributed by atoms with Gasteiger partial charge in [-0.2, -0.15) is 5.10 Å². The number of piperidine rings is 1. The van der Waals surface area contributed by atoms with Gasteiger partial charge in [-0.15, -0.1) is 0 Å². The normalized spacial score (nSPS) is 21.6. The highest BCUT2D eigenvalue weighted by molar-refractivity contribution is 5.79. The molecule has 0 unspecified atom stereocenters. The second-order valence-electron chi connectivity index (χ2n) is 11.6. The number of hydrogen-bond donors (Lipinski definition) is 0. The quantitative estimate of drug-likeness (QED) is 0.424. The first-order chi connectivity index (χ1) is 20.0. The van der Waals surface area contributed by atoms with Crippen LogP contribution in [0.15, 0.2) is 42.9 Å². The first-order valence-corrected chi connectivity index (χ1v) is 15.1. The SMILES string of the molecule is CCOC1(c2ccc(-c3cc4c(N5CCN(C(=O)O[C@H]6CCOC6)CC5)ccnn4c3)nc2)CCN(C(C)C)CC1. The molecule has 0 aromatic carbocycles. The van der Waals surface area contributed by atoms with Crippen LogP contribution >= 0.6 is 0 Å². The Hall–Kier alpha value is -3.21. The minimum Gasteiger partial charge on any atom is -0.444 e. The largest absolute Gasteiger partial charge is 0.444 e. The molecule has 0 bridgehead atoms. The minimum absolute atomic E-state index is 0.121. The number of carbonyl (C=O) groups excluding carboxylic acids is 1. The average Bonchev–Trinajstić information content (AvgIpc) is 3.68. The number of amides is 1. The van der Waals surface area contributed by atoms with Gasteiger partial charge in [-0.25, -0.2) is 9.31 Å². The topological polar surface area (TPSA) is 84.7 Å². The summed E-state index contributed by atoms with van der Waals surface area (Å²) < 4.78 is 19.3. The third kappa shape index (κ3) is 5.78. The van der Waals surface area contributed by atoms with Crippen molar-refractivity contribution in [2.45, 2.75) is 57.8 Å². The van der Waals surface area contributed by atoms with Gasteiger partial charge in [0.1, 0.15) is 6.10 Å². The van der Waals surface area contributed by atoms with Crippen LogP contribution in [0.4, 0.5) is 10.5 Å². The van der Waals surface area contributed by atoms with Crippen LogP contribution < -0.4 is 4.90 Å². The molecule has 0 saturated carbocycles. The van der Waals surface area contributed by atoms with Crippen molar-refractivity contribution in [2.75, 3.05) is 64.0 Å². The molecular weight excluding hydrogens is 520 g/mol. The first kappa shape index (κ1) is 27.9. The fourth-order valence-corrected chi connectivity index (χ4v) is 6.39.